The molecule has 4 aromatic heterocycles. The summed E-state index contributed by atoms with van der Waals surface area (Å²) in [6.45, 7) is -4.69. The molecule has 4 N–H and O–H groups in total. The van der Waals surface area contributed by atoms with Gasteiger partial charge in [-0.2, -0.15) is 0 Å². The summed E-state index contributed by atoms with van der Waals surface area (Å²) in [6.07, 6.45) is -5.14. The Morgan fingerprint density at radius 2 is 1.74 bits per heavy atom. The van der Waals surface area contributed by atoms with Gasteiger partial charge in [-0.25, -0.2) is 28.7 Å². The molecular weight excluding hydrogens is 683 g/mol. The maximum atomic E-state index is 16.3. The van der Waals surface area contributed by atoms with Crippen LogP contribution in [0, 0.1) is 0 Å². The molecule has 22 heteroatoms. The van der Waals surface area contributed by atoms with Gasteiger partial charge in [0.15, 0.2) is 36.3 Å². The number of hydrogen-bond acceptors (Lipinski definition) is 14. The number of fused-ring (bicyclic) bond motifs is 3. The maximum absolute atomic E-state index is 16.3. The molecule has 8 heterocycles. The number of hydrogen-bond donors (Lipinski definition) is 3. The molecule has 4 aliphatic rings. The van der Waals surface area contributed by atoms with Crippen LogP contribution in [-0.2, 0) is 50.4 Å². The molecule has 16 nitrogen and oxygen atoms in total. The van der Waals surface area contributed by atoms with E-state index >= 15 is 8.78 Å². The number of imidazole rings is 1. The Morgan fingerprint density at radius 1 is 1.02 bits per heavy atom. The van der Waals surface area contributed by atoms with E-state index in [0.29, 0.717) is 5.65 Å². The summed E-state index contributed by atoms with van der Waals surface area (Å²) in [5, 5.41) is 4.19. The van der Waals surface area contributed by atoms with Crippen LogP contribution in [0.3, 0.4) is 0 Å². The van der Waals surface area contributed by atoms with Crippen molar-refractivity contribution in [1.82, 2.24) is 29.1 Å². The highest BCUT2D eigenvalue weighted by Gasteiger charge is 2.53. The minimum atomic E-state index is -4.55. The van der Waals surface area contributed by atoms with Gasteiger partial charge in [-0.1, -0.05) is 0 Å². The topological polar surface area (TPSA) is 192 Å². The van der Waals surface area contributed by atoms with Crippen LogP contribution in [0.25, 0.3) is 22.2 Å². The van der Waals surface area contributed by atoms with E-state index in [1.165, 1.54) is 17.2 Å². The predicted molar refractivity (Wildman–Crippen MR) is 165 cm³/mol. The Balaban J connectivity index is 1.08. The fourth-order valence-corrected chi connectivity index (χ4v) is 8.87. The zero-order valence-corrected chi connectivity index (χ0v) is 26.8. The van der Waals surface area contributed by atoms with Crippen molar-refractivity contribution < 1.29 is 45.8 Å². The molecule has 0 spiro atoms. The first-order valence-electron chi connectivity index (χ1n) is 14.6. The summed E-state index contributed by atoms with van der Waals surface area (Å²) in [4.78, 5) is 27.6. The fourth-order valence-electron chi connectivity index (χ4n) is 6.43. The Kier molecular flexibility index (Phi) is 7.91. The molecule has 0 bridgehead atoms. The second-order valence-electron chi connectivity index (χ2n) is 11.5. The lowest BCUT2D eigenvalue weighted by Crippen LogP contribution is -2.37. The Bertz CT molecular complexity index is 1960. The lowest BCUT2D eigenvalue weighted by atomic mass is 10.1. The fraction of sp³-hybridized carbons (Fsp3) is 0.520. The number of nitrogens with zero attached hydrogens (tertiary/aromatic N) is 6. The second kappa shape index (κ2) is 11.8. The molecule has 8 rings (SSSR count). The Labute approximate surface area is 271 Å². The molecule has 3 fully saturated rings. The average Bonchev–Trinajstić information content (AvgIpc) is 3.73. The standard InChI is InChI=1S/C25H27BF2N8O8P2S/c26-45(37)39-7-13-20(17(28)24(41-13)35-6-11-2-1-4-30-12-3-5-31-22(35)15(11)12)44-46(38,47)40-8-14-19(43-45)16(27)25(42-14)36-10-34-18-21(29)32-9-33-23(18)36/h3,5-6,9-10,13-14,16-17,19-20,24-25,30H,1-2,4,7-8H2,(H,38,47)(H2,29,32,33)/t13-,14-,16?,17+,19+,20?,24-,25-,45?,46?/m1/s1. The zero-order chi connectivity index (χ0) is 32.7. The number of ether oxygens (including phenoxy) is 2. The molecule has 47 heavy (non-hydrogen) atoms. The van der Waals surface area contributed by atoms with E-state index in [9.17, 15) is 9.46 Å². The summed E-state index contributed by atoms with van der Waals surface area (Å²) in [5.41, 5.74) is 8.49. The van der Waals surface area contributed by atoms with Crippen LogP contribution in [0.15, 0.2) is 31.1 Å². The number of anilines is 2. The summed E-state index contributed by atoms with van der Waals surface area (Å²) < 4.78 is 82.6. The van der Waals surface area contributed by atoms with Crippen LogP contribution in [0.5, 0.6) is 0 Å². The van der Waals surface area contributed by atoms with Gasteiger partial charge < -0.3 is 43.6 Å². The van der Waals surface area contributed by atoms with E-state index in [0.717, 1.165) is 36.0 Å². The van der Waals surface area contributed by atoms with E-state index in [1.54, 1.807) is 17.0 Å². The molecule has 3 saturated heterocycles. The van der Waals surface area contributed by atoms with E-state index in [2.05, 4.69) is 25.3 Å². The van der Waals surface area contributed by atoms with Crippen molar-refractivity contribution in [3.05, 3.63) is 36.7 Å². The number of rotatable bonds is 2. The van der Waals surface area contributed by atoms with Crippen LogP contribution < -0.4 is 11.1 Å². The minimum absolute atomic E-state index is 0.0602. The van der Waals surface area contributed by atoms with Crippen LogP contribution in [0.1, 0.15) is 24.4 Å². The van der Waals surface area contributed by atoms with Crippen molar-refractivity contribution in [3.63, 3.8) is 0 Å². The first-order valence-corrected chi connectivity index (χ1v) is 18.8. The van der Waals surface area contributed by atoms with Crippen LogP contribution >= 0.6 is 14.2 Å². The van der Waals surface area contributed by atoms with Gasteiger partial charge in [0.25, 0.3) is 7.47 Å². The molecule has 4 unspecified atom stereocenters. The third kappa shape index (κ3) is 5.58. The predicted octanol–water partition coefficient (Wildman–Crippen LogP) is 2.60. The Hall–Kier alpha value is -2.64. The number of alkyl halides is 2. The van der Waals surface area contributed by atoms with Crippen molar-refractivity contribution in [2.24, 2.45) is 0 Å². The number of aromatic nitrogens is 6. The van der Waals surface area contributed by atoms with Gasteiger partial charge >= 0.3 is 6.72 Å². The highest BCUT2D eigenvalue weighted by atomic mass is 32.5. The third-order valence-electron chi connectivity index (χ3n) is 8.54. The summed E-state index contributed by atoms with van der Waals surface area (Å²) in [5.74, 6) is 0.0602. The normalized spacial score (nSPS) is 37.9. The minimum Gasteiger partial charge on any atom is -0.384 e. The largest absolute Gasteiger partial charge is 0.384 e. The first kappa shape index (κ1) is 31.6. The highest BCUT2D eigenvalue weighted by molar-refractivity contribution is 8.07. The number of aryl methyl sites for hydroxylation is 1. The monoisotopic (exact) mass is 710 g/mol. The summed E-state index contributed by atoms with van der Waals surface area (Å²) >= 11 is 5.23. The van der Waals surface area contributed by atoms with Gasteiger partial charge in [0.05, 0.1) is 19.5 Å². The van der Waals surface area contributed by atoms with Crippen molar-refractivity contribution in [3.8, 4) is 0 Å². The summed E-state index contributed by atoms with van der Waals surface area (Å²) in [7, 11) is 1.37. The molecule has 10 atom stereocenters. The lowest BCUT2D eigenvalue weighted by molar-refractivity contribution is -0.0565. The molecule has 4 aromatic rings. The van der Waals surface area contributed by atoms with Gasteiger partial charge in [0, 0.05) is 30.0 Å². The molecule has 4 aliphatic heterocycles. The second-order valence-corrected chi connectivity index (χ2v) is 15.8. The molecule has 0 saturated carbocycles. The number of pyridine rings is 1. The average molecular weight is 710 g/mol. The molecule has 248 valence electrons. The SMILES string of the molecule is [B]P1(=O)OC[C@H]2O[C@@H](n3cc4c5c(ccnc53)NCCC4)[C@@H](F)C2OP(O)(=S)OC[C@H]2O[C@@H](n3cnc4c(N)ncnc43)C(F)[C@H]2O1. The van der Waals surface area contributed by atoms with E-state index < -0.39 is 76.6 Å². The van der Waals surface area contributed by atoms with Gasteiger partial charge in [-0.05, 0) is 36.3 Å². The Morgan fingerprint density at radius 3 is 2.53 bits per heavy atom. The molecule has 0 aromatic carbocycles. The van der Waals surface area contributed by atoms with Crippen LogP contribution in [-0.4, -0.2) is 98.0 Å². The third-order valence-corrected chi connectivity index (χ3v) is 11.1. The summed E-state index contributed by atoms with van der Waals surface area (Å²) in [6, 6.07) is 1.84. The zero-order valence-electron chi connectivity index (χ0n) is 24.2. The number of nitrogens with one attached hydrogen (secondary N) is 1. The quantitative estimate of drug-likeness (QED) is 0.203. The van der Waals surface area contributed by atoms with Crippen molar-refractivity contribution in [2.45, 2.75) is 62.1 Å². The number of nitrogens with two attached hydrogens (primary N) is 1. The van der Waals surface area contributed by atoms with E-state index in [-0.39, 0.29) is 17.0 Å². The van der Waals surface area contributed by atoms with Gasteiger partial charge in [0.2, 0.25) is 7.57 Å². The van der Waals surface area contributed by atoms with Crippen molar-refractivity contribution in [1.29, 1.82) is 0 Å². The van der Waals surface area contributed by atoms with Crippen molar-refractivity contribution >= 4 is 67.3 Å². The molecule has 0 aliphatic carbocycles. The van der Waals surface area contributed by atoms with Crippen LogP contribution in [0.4, 0.5) is 20.3 Å². The van der Waals surface area contributed by atoms with E-state index in [4.69, 9.17) is 52.7 Å². The molecular formula is C25H27BF2N8O8P2S. The highest BCUT2D eigenvalue weighted by Crippen LogP contribution is 2.54. The van der Waals surface area contributed by atoms with Crippen LogP contribution in [0.2, 0.25) is 0 Å². The van der Waals surface area contributed by atoms with Gasteiger partial charge in [-0.3, -0.25) is 13.7 Å². The van der Waals surface area contributed by atoms with Gasteiger partial charge in [-0.15, -0.1) is 0 Å². The lowest BCUT2D eigenvalue weighted by Gasteiger charge is -2.29. The number of nitrogen functional groups attached to an aromatic ring is 1. The number of halogens is 2. The first-order chi connectivity index (χ1) is 22.5. The molecule has 2 radical (unpaired) electrons. The maximum Gasteiger partial charge on any atom is 0.325 e. The van der Waals surface area contributed by atoms with Gasteiger partial charge in [0.1, 0.15) is 41.9 Å². The smallest absolute Gasteiger partial charge is 0.325 e. The van der Waals surface area contributed by atoms with E-state index in [1.807, 2.05) is 6.07 Å². The molecule has 0 amide bonds. The van der Waals surface area contributed by atoms with Crippen molar-refractivity contribution in [2.75, 3.05) is 30.8 Å².